The van der Waals surface area contributed by atoms with Crippen LogP contribution in [0.2, 0.25) is 0 Å². The van der Waals surface area contributed by atoms with Crippen molar-refractivity contribution in [3.05, 3.63) is 60.2 Å². The van der Waals surface area contributed by atoms with Gasteiger partial charge in [-0.05, 0) is 48.9 Å². The van der Waals surface area contributed by atoms with Gasteiger partial charge in [0.15, 0.2) is 0 Å². The van der Waals surface area contributed by atoms with E-state index < -0.39 is 0 Å². The highest BCUT2D eigenvalue weighted by molar-refractivity contribution is 5.89. The number of benzene rings is 2. The number of nitrogens with zero attached hydrogens (tertiary/aromatic N) is 1. The normalized spacial score (nSPS) is 14.6. The Morgan fingerprint density at radius 2 is 1.70 bits per heavy atom. The molecular formula is C22H27N3O2. The van der Waals surface area contributed by atoms with Crippen molar-refractivity contribution in [2.75, 3.05) is 30.3 Å². The molecule has 0 bridgehead atoms. The number of hydrogen-bond donors (Lipinski definition) is 2. The molecule has 1 aliphatic heterocycles. The second kappa shape index (κ2) is 9.21. The summed E-state index contributed by atoms with van der Waals surface area (Å²) in [4.78, 5) is 25.6. The number of hydrogen-bond acceptors (Lipinski definition) is 3. The summed E-state index contributed by atoms with van der Waals surface area (Å²) in [6, 6.07) is 18.0. The number of carbonyl (C=O) groups is 2. The van der Waals surface area contributed by atoms with Crippen LogP contribution in [0.4, 0.5) is 11.4 Å². The van der Waals surface area contributed by atoms with Crippen LogP contribution in [0.5, 0.6) is 0 Å². The van der Waals surface area contributed by atoms with Gasteiger partial charge in [-0.15, -0.1) is 0 Å². The molecular weight excluding hydrogens is 338 g/mol. The molecule has 0 aromatic heterocycles. The third kappa shape index (κ3) is 5.84. The van der Waals surface area contributed by atoms with E-state index in [-0.39, 0.29) is 18.4 Å². The molecule has 0 unspecified atom stereocenters. The van der Waals surface area contributed by atoms with Gasteiger partial charge in [0.2, 0.25) is 11.8 Å². The van der Waals surface area contributed by atoms with Crippen LogP contribution in [0.15, 0.2) is 54.6 Å². The number of rotatable bonds is 6. The summed E-state index contributed by atoms with van der Waals surface area (Å²) in [5.74, 6) is 0.665. The zero-order valence-corrected chi connectivity index (χ0v) is 15.8. The fourth-order valence-corrected chi connectivity index (χ4v) is 3.53. The smallest absolute Gasteiger partial charge is 0.241 e. The molecule has 0 atom stereocenters. The van der Waals surface area contributed by atoms with Crippen LogP contribution in [-0.4, -0.2) is 36.3 Å². The Morgan fingerprint density at radius 1 is 1.00 bits per heavy atom. The summed E-state index contributed by atoms with van der Waals surface area (Å²) in [5, 5.41) is 5.91. The van der Waals surface area contributed by atoms with Crippen LogP contribution in [0, 0.1) is 5.92 Å². The average molecular weight is 365 g/mol. The number of carbonyl (C=O) groups excluding carboxylic acids is 2. The Hall–Kier alpha value is -2.82. The maximum absolute atomic E-state index is 12.5. The van der Waals surface area contributed by atoms with Gasteiger partial charge in [0.1, 0.15) is 0 Å². The van der Waals surface area contributed by atoms with E-state index in [9.17, 15) is 9.59 Å². The van der Waals surface area contributed by atoms with Crippen molar-refractivity contribution >= 4 is 23.2 Å². The van der Waals surface area contributed by atoms with Crippen LogP contribution in [0.1, 0.15) is 25.3 Å². The first-order valence-corrected chi connectivity index (χ1v) is 9.53. The maximum Gasteiger partial charge on any atom is 0.241 e. The topological polar surface area (TPSA) is 61.4 Å². The van der Waals surface area contributed by atoms with E-state index in [2.05, 4.69) is 34.9 Å². The van der Waals surface area contributed by atoms with Gasteiger partial charge in [-0.25, -0.2) is 0 Å². The number of likely N-dealkylation sites (tertiary alicyclic amines) is 1. The molecule has 3 rings (SSSR count). The lowest BCUT2D eigenvalue weighted by Crippen LogP contribution is -2.41. The lowest BCUT2D eigenvalue weighted by atomic mass is 9.90. The zero-order valence-electron chi connectivity index (χ0n) is 15.8. The minimum atomic E-state index is -0.110. The highest BCUT2D eigenvalue weighted by Crippen LogP contribution is 2.22. The molecule has 1 saturated heterocycles. The van der Waals surface area contributed by atoms with Gasteiger partial charge in [-0.1, -0.05) is 36.4 Å². The Kier molecular flexibility index (Phi) is 6.47. The van der Waals surface area contributed by atoms with Crippen molar-refractivity contribution in [1.29, 1.82) is 0 Å². The second-order valence-corrected chi connectivity index (χ2v) is 7.13. The van der Waals surface area contributed by atoms with E-state index in [0.29, 0.717) is 5.92 Å². The predicted molar refractivity (Wildman–Crippen MR) is 109 cm³/mol. The summed E-state index contributed by atoms with van der Waals surface area (Å²) in [6.07, 6.45) is 3.20. The predicted octanol–water partition coefficient (Wildman–Crippen LogP) is 3.54. The van der Waals surface area contributed by atoms with Crippen molar-refractivity contribution in [2.24, 2.45) is 5.92 Å². The molecule has 1 fully saturated rings. The molecule has 2 amide bonds. The molecule has 5 heteroatoms. The van der Waals surface area contributed by atoms with Crippen LogP contribution in [0.25, 0.3) is 0 Å². The van der Waals surface area contributed by atoms with Gasteiger partial charge in [0.05, 0.1) is 6.54 Å². The first-order chi connectivity index (χ1) is 13.1. The van der Waals surface area contributed by atoms with Crippen LogP contribution in [-0.2, 0) is 16.0 Å². The molecule has 2 N–H and O–H groups in total. The highest BCUT2D eigenvalue weighted by atomic mass is 16.2. The zero-order chi connectivity index (χ0) is 19.1. The quantitative estimate of drug-likeness (QED) is 0.823. The summed E-state index contributed by atoms with van der Waals surface area (Å²) < 4.78 is 0. The van der Waals surface area contributed by atoms with Crippen LogP contribution < -0.4 is 10.6 Å². The number of piperidine rings is 1. The summed E-state index contributed by atoms with van der Waals surface area (Å²) >= 11 is 0. The van der Waals surface area contributed by atoms with E-state index in [0.717, 1.165) is 43.7 Å². The molecule has 0 saturated carbocycles. The van der Waals surface area contributed by atoms with E-state index in [1.807, 2.05) is 35.2 Å². The Bertz CT molecular complexity index is 768. The van der Waals surface area contributed by atoms with Crippen molar-refractivity contribution in [3.63, 3.8) is 0 Å². The summed E-state index contributed by atoms with van der Waals surface area (Å²) in [5.41, 5.74) is 2.93. The molecule has 27 heavy (non-hydrogen) atoms. The molecule has 1 heterocycles. The van der Waals surface area contributed by atoms with Crippen LogP contribution in [0.3, 0.4) is 0 Å². The third-order valence-corrected chi connectivity index (χ3v) is 4.96. The lowest BCUT2D eigenvalue weighted by molar-refractivity contribution is -0.130. The minimum Gasteiger partial charge on any atom is -0.376 e. The monoisotopic (exact) mass is 365 g/mol. The van der Waals surface area contributed by atoms with E-state index in [1.54, 1.807) is 0 Å². The highest BCUT2D eigenvalue weighted by Gasteiger charge is 2.22. The summed E-state index contributed by atoms with van der Waals surface area (Å²) in [7, 11) is 0. The minimum absolute atomic E-state index is 0.110. The summed E-state index contributed by atoms with van der Waals surface area (Å²) in [6.45, 7) is 3.39. The first-order valence-electron chi connectivity index (χ1n) is 9.53. The van der Waals surface area contributed by atoms with Gasteiger partial charge in [-0.2, -0.15) is 0 Å². The number of amides is 2. The van der Waals surface area contributed by atoms with Gasteiger partial charge in [0.25, 0.3) is 0 Å². The fraction of sp³-hybridized carbons (Fsp3) is 0.364. The van der Waals surface area contributed by atoms with Gasteiger partial charge < -0.3 is 15.5 Å². The Morgan fingerprint density at radius 3 is 2.41 bits per heavy atom. The molecule has 0 spiro atoms. The average Bonchev–Trinajstić information content (AvgIpc) is 2.67. The third-order valence-electron chi connectivity index (χ3n) is 4.96. The second-order valence-electron chi connectivity index (χ2n) is 7.13. The Balaban J connectivity index is 1.44. The lowest BCUT2D eigenvalue weighted by Gasteiger charge is -2.32. The maximum atomic E-state index is 12.5. The van der Waals surface area contributed by atoms with Crippen molar-refractivity contribution in [3.8, 4) is 0 Å². The molecule has 2 aromatic carbocycles. The van der Waals surface area contributed by atoms with Crippen LogP contribution >= 0.6 is 0 Å². The largest absolute Gasteiger partial charge is 0.376 e. The van der Waals surface area contributed by atoms with Gasteiger partial charge >= 0.3 is 0 Å². The van der Waals surface area contributed by atoms with Gasteiger partial charge in [0, 0.05) is 31.4 Å². The van der Waals surface area contributed by atoms with E-state index >= 15 is 0 Å². The Labute approximate surface area is 160 Å². The molecule has 5 nitrogen and oxygen atoms in total. The molecule has 2 aromatic rings. The standard InChI is InChI=1S/C22H27N3O2/c1-17(26)24-21-9-5-8-20(15-21)23-16-22(27)25-12-10-19(11-13-25)14-18-6-3-2-4-7-18/h2-9,15,19,23H,10-14,16H2,1H3,(H,24,26). The van der Waals surface area contributed by atoms with Gasteiger partial charge in [-0.3, -0.25) is 9.59 Å². The molecule has 0 aliphatic carbocycles. The molecule has 1 aliphatic rings. The van der Waals surface area contributed by atoms with Crippen molar-refractivity contribution in [1.82, 2.24) is 4.90 Å². The van der Waals surface area contributed by atoms with E-state index in [1.165, 1.54) is 12.5 Å². The van der Waals surface area contributed by atoms with Crippen molar-refractivity contribution < 1.29 is 9.59 Å². The van der Waals surface area contributed by atoms with Crippen molar-refractivity contribution in [2.45, 2.75) is 26.2 Å². The number of anilines is 2. The van der Waals surface area contributed by atoms with E-state index in [4.69, 9.17) is 0 Å². The first kappa shape index (κ1) is 19.0. The fourth-order valence-electron chi connectivity index (χ4n) is 3.53. The molecule has 142 valence electrons. The molecule has 0 radical (unpaired) electrons. The SMILES string of the molecule is CC(=O)Nc1cccc(NCC(=O)N2CCC(Cc3ccccc3)CC2)c1. The number of nitrogens with one attached hydrogen (secondary N) is 2.